The second-order valence-electron chi connectivity index (χ2n) is 6.16. The molecule has 0 aliphatic carbocycles. The largest absolute Gasteiger partial charge is 0.495 e. The molecule has 126 valence electrons. The third-order valence-corrected chi connectivity index (χ3v) is 4.97. The van der Waals surface area contributed by atoms with E-state index in [1.54, 1.807) is 25.3 Å². The summed E-state index contributed by atoms with van der Waals surface area (Å²) < 4.78 is 5.13. The van der Waals surface area contributed by atoms with Gasteiger partial charge in [0.1, 0.15) is 12.3 Å². The first kappa shape index (κ1) is 16.8. The first-order chi connectivity index (χ1) is 11.6. The number of carbonyl (C=O) groups is 1. The zero-order valence-corrected chi connectivity index (χ0v) is 14.7. The third kappa shape index (κ3) is 3.55. The Morgan fingerprint density at radius 1 is 1.25 bits per heavy atom. The van der Waals surface area contributed by atoms with Crippen LogP contribution in [0.3, 0.4) is 0 Å². The zero-order valence-electron chi connectivity index (χ0n) is 13.9. The van der Waals surface area contributed by atoms with E-state index in [-0.39, 0.29) is 11.9 Å². The van der Waals surface area contributed by atoms with Crippen molar-refractivity contribution in [3.05, 3.63) is 58.6 Å². The van der Waals surface area contributed by atoms with Gasteiger partial charge in [0.05, 0.1) is 18.7 Å². The summed E-state index contributed by atoms with van der Waals surface area (Å²) in [6.07, 6.45) is 1.01. The highest BCUT2D eigenvalue weighted by molar-refractivity contribution is 6.32. The summed E-state index contributed by atoms with van der Waals surface area (Å²) in [4.78, 5) is 13.9. The molecule has 1 amide bonds. The normalized spacial score (nSPS) is 17.7. The molecular weight excluding hydrogens is 324 g/mol. The fourth-order valence-electron chi connectivity index (χ4n) is 3.15. The second kappa shape index (κ2) is 7.24. The number of amides is 1. The van der Waals surface area contributed by atoms with Gasteiger partial charge >= 0.3 is 0 Å². The lowest BCUT2D eigenvalue weighted by atomic mass is 9.99. The molecule has 0 saturated heterocycles. The van der Waals surface area contributed by atoms with Crippen LogP contribution in [0.4, 0.5) is 5.69 Å². The number of methoxy groups -OCH3 is 1. The summed E-state index contributed by atoms with van der Waals surface area (Å²) in [5.74, 6) is 0.603. The van der Waals surface area contributed by atoms with Crippen molar-refractivity contribution in [3.63, 3.8) is 0 Å². The molecule has 2 aromatic rings. The van der Waals surface area contributed by atoms with Crippen LogP contribution in [0.2, 0.25) is 5.02 Å². The van der Waals surface area contributed by atoms with Crippen LogP contribution in [0.5, 0.6) is 5.75 Å². The minimum atomic E-state index is -0.126. The first-order valence-electron chi connectivity index (χ1n) is 8.14. The van der Waals surface area contributed by atoms with Crippen molar-refractivity contribution in [1.29, 1.82) is 0 Å². The number of benzene rings is 2. The Hall–Kier alpha value is -2.04. The molecule has 2 aromatic carbocycles. The first-order valence-corrected chi connectivity index (χ1v) is 8.52. The molecule has 0 spiro atoms. The summed E-state index contributed by atoms with van der Waals surface area (Å²) in [5, 5.41) is 3.44. The lowest BCUT2D eigenvalue weighted by Gasteiger charge is -2.30. The summed E-state index contributed by atoms with van der Waals surface area (Å²) in [7, 11) is 1.57. The Kier molecular flexibility index (Phi) is 5.07. The van der Waals surface area contributed by atoms with E-state index in [0.29, 0.717) is 16.5 Å². The number of nitrogens with one attached hydrogen (secondary N) is 2. The fourth-order valence-corrected chi connectivity index (χ4v) is 3.41. The van der Waals surface area contributed by atoms with Gasteiger partial charge in [0.2, 0.25) is 0 Å². The van der Waals surface area contributed by atoms with E-state index in [1.165, 1.54) is 16.0 Å². The summed E-state index contributed by atoms with van der Waals surface area (Å²) in [5.41, 5.74) is 3.43. The van der Waals surface area contributed by atoms with Gasteiger partial charge in [-0.2, -0.15) is 0 Å². The van der Waals surface area contributed by atoms with Gasteiger partial charge < -0.3 is 15.0 Å². The number of quaternary nitrogens is 1. The molecule has 0 saturated carbocycles. The molecule has 0 bridgehead atoms. The highest BCUT2D eigenvalue weighted by Crippen LogP contribution is 2.27. The molecule has 0 aromatic heterocycles. The topological polar surface area (TPSA) is 42.8 Å². The smallest absolute Gasteiger partial charge is 0.282 e. The minimum absolute atomic E-state index is 0.00520. The van der Waals surface area contributed by atoms with Gasteiger partial charge in [-0.3, -0.25) is 4.79 Å². The van der Waals surface area contributed by atoms with E-state index in [2.05, 4.69) is 29.6 Å². The molecule has 5 heteroatoms. The summed E-state index contributed by atoms with van der Waals surface area (Å²) in [6.45, 7) is 3.83. The van der Waals surface area contributed by atoms with Crippen LogP contribution in [0, 0.1) is 0 Å². The monoisotopic (exact) mass is 345 g/mol. The van der Waals surface area contributed by atoms with E-state index in [0.717, 1.165) is 19.5 Å². The van der Waals surface area contributed by atoms with Crippen molar-refractivity contribution in [2.75, 3.05) is 19.0 Å². The third-order valence-electron chi connectivity index (χ3n) is 4.68. The quantitative estimate of drug-likeness (QED) is 0.893. The van der Waals surface area contributed by atoms with Gasteiger partial charge in [-0.05, 0) is 30.7 Å². The Labute approximate surface area is 147 Å². The Balaban J connectivity index is 1.66. The number of halogens is 1. The average molecular weight is 346 g/mol. The molecular formula is C19H22ClN2O2+. The van der Waals surface area contributed by atoms with Crippen LogP contribution in [0.25, 0.3) is 0 Å². The van der Waals surface area contributed by atoms with Crippen LogP contribution in [0.15, 0.2) is 42.5 Å². The number of hydrogen-bond donors (Lipinski definition) is 2. The Morgan fingerprint density at radius 2 is 2.00 bits per heavy atom. The van der Waals surface area contributed by atoms with E-state index in [1.807, 2.05) is 6.92 Å². The molecule has 1 aliphatic heterocycles. The second-order valence-corrected chi connectivity index (χ2v) is 6.57. The van der Waals surface area contributed by atoms with Crippen LogP contribution < -0.4 is 15.0 Å². The standard InChI is InChI=1S/C19H21ClN2O2/c1-13(22-10-9-14-5-3-4-6-15(14)12-22)19(23)21-16-7-8-18(24-2)17(20)11-16/h3-8,11,13H,9-10,12H2,1-2H3,(H,21,23)/p+1/t13-/m1/s1. The summed E-state index contributed by atoms with van der Waals surface area (Å²) in [6, 6.07) is 13.6. The van der Waals surface area contributed by atoms with Gasteiger partial charge in [-0.1, -0.05) is 35.9 Å². The molecule has 1 heterocycles. The molecule has 3 rings (SSSR count). The molecule has 4 nitrogen and oxygen atoms in total. The van der Waals surface area contributed by atoms with Gasteiger partial charge in [0, 0.05) is 17.7 Å². The number of hydrogen-bond acceptors (Lipinski definition) is 2. The van der Waals surface area contributed by atoms with Crippen LogP contribution in [0.1, 0.15) is 18.1 Å². The van der Waals surface area contributed by atoms with Gasteiger partial charge in [0.25, 0.3) is 5.91 Å². The lowest BCUT2D eigenvalue weighted by molar-refractivity contribution is -0.929. The van der Waals surface area contributed by atoms with Gasteiger partial charge in [-0.15, -0.1) is 0 Å². The van der Waals surface area contributed by atoms with Gasteiger partial charge in [0.15, 0.2) is 6.04 Å². The van der Waals surface area contributed by atoms with E-state index in [4.69, 9.17) is 16.3 Å². The Bertz CT molecular complexity index is 748. The average Bonchev–Trinajstić information content (AvgIpc) is 2.60. The fraction of sp³-hybridized carbons (Fsp3) is 0.316. The molecule has 1 unspecified atom stereocenters. The summed E-state index contributed by atoms with van der Waals surface area (Å²) >= 11 is 6.12. The molecule has 24 heavy (non-hydrogen) atoms. The van der Waals surface area contributed by atoms with Crippen molar-refractivity contribution >= 4 is 23.2 Å². The Morgan fingerprint density at radius 3 is 2.71 bits per heavy atom. The van der Waals surface area contributed by atoms with Crippen molar-refractivity contribution < 1.29 is 14.4 Å². The van der Waals surface area contributed by atoms with E-state index >= 15 is 0 Å². The number of ether oxygens (including phenoxy) is 1. The van der Waals surface area contributed by atoms with Crippen molar-refractivity contribution in [2.45, 2.75) is 25.9 Å². The number of rotatable bonds is 4. The predicted octanol–water partition coefficient (Wildman–Crippen LogP) is 2.32. The number of carbonyl (C=O) groups excluding carboxylic acids is 1. The highest BCUT2D eigenvalue weighted by Gasteiger charge is 2.28. The minimum Gasteiger partial charge on any atom is -0.495 e. The lowest BCUT2D eigenvalue weighted by Crippen LogP contribution is -3.16. The van der Waals surface area contributed by atoms with Gasteiger partial charge in [-0.25, -0.2) is 0 Å². The number of fused-ring (bicyclic) bond motifs is 1. The predicted molar refractivity (Wildman–Crippen MR) is 95.8 cm³/mol. The van der Waals surface area contributed by atoms with Crippen molar-refractivity contribution in [3.8, 4) is 5.75 Å². The number of anilines is 1. The molecule has 2 N–H and O–H groups in total. The maximum absolute atomic E-state index is 12.6. The molecule has 2 atom stereocenters. The van der Waals surface area contributed by atoms with Crippen molar-refractivity contribution in [2.24, 2.45) is 0 Å². The zero-order chi connectivity index (χ0) is 17.1. The SMILES string of the molecule is COc1ccc(NC(=O)[C@@H](C)[NH+]2CCc3ccccc3C2)cc1Cl. The van der Waals surface area contributed by atoms with Crippen LogP contribution in [-0.4, -0.2) is 25.6 Å². The molecule has 0 radical (unpaired) electrons. The molecule has 1 aliphatic rings. The van der Waals surface area contributed by atoms with Crippen LogP contribution in [-0.2, 0) is 17.8 Å². The maximum Gasteiger partial charge on any atom is 0.282 e. The van der Waals surface area contributed by atoms with Crippen LogP contribution >= 0.6 is 11.6 Å². The maximum atomic E-state index is 12.6. The van der Waals surface area contributed by atoms with Crippen molar-refractivity contribution in [1.82, 2.24) is 0 Å². The molecule has 0 fully saturated rings. The van der Waals surface area contributed by atoms with E-state index < -0.39 is 0 Å². The highest BCUT2D eigenvalue weighted by atomic mass is 35.5. The van der Waals surface area contributed by atoms with E-state index in [9.17, 15) is 4.79 Å².